The average molecular weight is 814 g/mol. The van der Waals surface area contributed by atoms with Crippen molar-refractivity contribution in [2.24, 2.45) is 7.05 Å². The number of anilines is 2. The molecule has 3 saturated heterocycles. The summed E-state index contributed by atoms with van der Waals surface area (Å²) in [6.45, 7) is 6.70. The highest BCUT2D eigenvalue weighted by Crippen LogP contribution is 2.35. The Kier molecular flexibility index (Phi) is 10.5. The highest BCUT2D eigenvalue weighted by molar-refractivity contribution is 9.10. The number of aryl methyl sites for hydroxylation is 1. The molecule has 3 aliphatic rings. The lowest BCUT2D eigenvalue weighted by Gasteiger charge is -2.40. The van der Waals surface area contributed by atoms with E-state index in [0.717, 1.165) is 41.3 Å². The summed E-state index contributed by atoms with van der Waals surface area (Å²) in [7, 11) is -1.94. The van der Waals surface area contributed by atoms with Crippen LogP contribution in [0.5, 0.6) is 0 Å². The summed E-state index contributed by atoms with van der Waals surface area (Å²) in [5.41, 5.74) is 2.32. The maximum atomic E-state index is 13.7. The van der Waals surface area contributed by atoms with E-state index in [9.17, 15) is 23.3 Å². The number of hydrogen-bond acceptors (Lipinski definition) is 10. The molecule has 0 bridgehead atoms. The first-order valence-corrected chi connectivity index (χ1v) is 20.2. The maximum Gasteiger partial charge on any atom is 0.329 e. The van der Waals surface area contributed by atoms with Crippen LogP contribution in [0.1, 0.15) is 68.6 Å². The third-order valence-electron chi connectivity index (χ3n) is 10.6. The van der Waals surface area contributed by atoms with Gasteiger partial charge in [-0.2, -0.15) is 14.7 Å². The molecule has 4 aromatic rings. The third kappa shape index (κ3) is 7.70. The zero-order valence-corrected chi connectivity index (χ0v) is 32.7. The molecule has 14 nitrogen and oxygen atoms in total. The van der Waals surface area contributed by atoms with E-state index in [4.69, 9.17) is 0 Å². The number of urea groups is 1. The molecule has 7 rings (SSSR count). The van der Waals surface area contributed by atoms with E-state index < -0.39 is 21.6 Å². The standard InChI is InChI=1S/C38H41BrN10O4S/c1-38(2,47-15-9-25(10-16-47)26-5-7-32-33(21-26)46(3)45-35(32)49-19-13-34(50)44-37(49)51)14-8-27-20-31(6-4-28(27)22-40)54(52,53)48-17-11-30(12-18-48)43-36-41-23-29(39)24-42-36/h4-7,20-21,23-25,30H,9-13,15-19H2,1-3H3,(H,41,42,43)(H,44,50,51). The van der Waals surface area contributed by atoms with Crippen molar-refractivity contribution in [1.29, 1.82) is 5.26 Å². The van der Waals surface area contributed by atoms with Crippen molar-refractivity contribution in [3.8, 4) is 17.9 Å². The second-order valence-electron chi connectivity index (χ2n) is 14.4. The molecule has 3 amide bonds. The van der Waals surface area contributed by atoms with Gasteiger partial charge >= 0.3 is 6.03 Å². The second-order valence-corrected chi connectivity index (χ2v) is 17.3. The number of aromatic nitrogens is 4. The normalized spacial score (nSPS) is 18.2. The van der Waals surface area contributed by atoms with Gasteiger partial charge < -0.3 is 5.32 Å². The number of carbonyl (C=O) groups excluding carboxylic acids is 2. The number of halogens is 1. The Hall–Kier alpha value is -4.87. The predicted octanol–water partition coefficient (Wildman–Crippen LogP) is 4.72. The quantitative estimate of drug-likeness (QED) is 0.249. The molecule has 3 fully saturated rings. The van der Waals surface area contributed by atoms with Crippen molar-refractivity contribution >= 4 is 60.6 Å². The lowest BCUT2D eigenvalue weighted by molar-refractivity contribution is -0.120. The Labute approximate surface area is 323 Å². The van der Waals surface area contributed by atoms with Crippen molar-refractivity contribution in [2.45, 2.75) is 68.3 Å². The van der Waals surface area contributed by atoms with Crippen LogP contribution in [0.2, 0.25) is 0 Å². The minimum atomic E-state index is -3.80. The number of amides is 3. The van der Waals surface area contributed by atoms with Gasteiger partial charge in [-0.15, -0.1) is 0 Å². The van der Waals surface area contributed by atoms with Crippen LogP contribution >= 0.6 is 15.9 Å². The van der Waals surface area contributed by atoms with Gasteiger partial charge in [0, 0.05) is 75.6 Å². The van der Waals surface area contributed by atoms with E-state index in [0.29, 0.717) is 61.3 Å². The molecule has 2 aromatic carbocycles. The number of sulfonamides is 1. The number of carbonyl (C=O) groups is 2. The fraction of sp³-hybridized carbons (Fsp3) is 0.421. The summed E-state index contributed by atoms with van der Waals surface area (Å²) in [6, 6.07) is 12.6. The number of imide groups is 1. The molecule has 0 radical (unpaired) electrons. The molecule has 0 saturated carbocycles. The number of nitriles is 1. The van der Waals surface area contributed by atoms with Gasteiger partial charge in [0.05, 0.1) is 26.0 Å². The fourth-order valence-corrected chi connectivity index (χ4v) is 9.09. The van der Waals surface area contributed by atoms with E-state index in [1.165, 1.54) is 26.9 Å². The first-order valence-electron chi connectivity index (χ1n) is 18.0. The van der Waals surface area contributed by atoms with Gasteiger partial charge in [-0.05, 0) is 97.3 Å². The van der Waals surface area contributed by atoms with Crippen LogP contribution in [0.25, 0.3) is 10.9 Å². The molecule has 16 heteroatoms. The van der Waals surface area contributed by atoms with Gasteiger partial charge in [-0.1, -0.05) is 17.9 Å². The molecule has 280 valence electrons. The Bertz CT molecular complexity index is 2310. The van der Waals surface area contributed by atoms with Crippen LogP contribution < -0.4 is 15.5 Å². The topological polar surface area (TPSA) is 169 Å². The largest absolute Gasteiger partial charge is 0.351 e. The number of fused-ring (bicyclic) bond motifs is 1. The summed E-state index contributed by atoms with van der Waals surface area (Å²) >= 11 is 3.33. The van der Waals surface area contributed by atoms with E-state index in [2.05, 4.69) is 90.4 Å². The Morgan fingerprint density at radius 3 is 2.37 bits per heavy atom. The lowest BCUT2D eigenvalue weighted by Crippen LogP contribution is -2.49. The number of nitrogens with zero attached hydrogens (tertiary/aromatic N) is 8. The number of benzene rings is 2. The number of nitrogens with one attached hydrogen (secondary N) is 2. The molecule has 2 aromatic heterocycles. The summed E-state index contributed by atoms with van der Waals surface area (Å²) in [4.78, 5) is 36.7. The van der Waals surface area contributed by atoms with Crippen LogP contribution in [0.3, 0.4) is 0 Å². The Morgan fingerprint density at radius 1 is 0.963 bits per heavy atom. The molecule has 0 atom stereocenters. The number of likely N-dealkylation sites (tertiary alicyclic amines) is 1. The maximum absolute atomic E-state index is 13.7. The Balaban J connectivity index is 1.000. The van der Waals surface area contributed by atoms with E-state index >= 15 is 0 Å². The first kappa shape index (κ1) is 37.4. The zero-order valence-electron chi connectivity index (χ0n) is 30.3. The van der Waals surface area contributed by atoms with E-state index in [-0.39, 0.29) is 23.3 Å². The molecule has 3 aliphatic heterocycles. The SMILES string of the molecule is Cn1nc(N2CCC(=O)NC2=O)c2ccc(C3CCN(C(C)(C)C#Cc4cc(S(=O)(=O)N5CCC(Nc6ncc(Br)cn6)CC5)ccc4C#N)CC3)cc21. The van der Waals surface area contributed by atoms with Crippen molar-refractivity contribution in [3.05, 3.63) is 70.0 Å². The summed E-state index contributed by atoms with van der Waals surface area (Å²) in [6.07, 6.45) is 6.60. The summed E-state index contributed by atoms with van der Waals surface area (Å²) in [5, 5.41) is 21.0. The highest BCUT2D eigenvalue weighted by atomic mass is 79.9. The smallest absolute Gasteiger partial charge is 0.329 e. The van der Waals surface area contributed by atoms with Crippen molar-refractivity contribution in [2.75, 3.05) is 42.9 Å². The highest BCUT2D eigenvalue weighted by Gasteiger charge is 2.33. The second kappa shape index (κ2) is 15.1. The third-order valence-corrected chi connectivity index (χ3v) is 12.9. The van der Waals surface area contributed by atoms with Gasteiger partial charge in [0.2, 0.25) is 21.9 Å². The molecular weight excluding hydrogens is 772 g/mol. The molecule has 5 heterocycles. The van der Waals surface area contributed by atoms with Crippen molar-refractivity contribution in [3.63, 3.8) is 0 Å². The predicted molar refractivity (Wildman–Crippen MR) is 207 cm³/mol. The first-order chi connectivity index (χ1) is 25.8. The van der Waals surface area contributed by atoms with Gasteiger partial charge in [-0.25, -0.2) is 23.2 Å². The Morgan fingerprint density at radius 2 is 1.69 bits per heavy atom. The molecule has 54 heavy (non-hydrogen) atoms. The van der Waals surface area contributed by atoms with Crippen LogP contribution in [0.4, 0.5) is 16.6 Å². The molecule has 0 spiro atoms. The summed E-state index contributed by atoms with van der Waals surface area (Å²) in [5.74, 6) is 7.63. The van der Waals surface area contributed by atoms with Crippen LogP contribution in [0.15, 0.2) is 58.2 Å². The van der Waals surface area contributed by atoms with Gasteiger partial charge in [0.15, 0.2) is 5.82 Å². The number of hydrogen-bond donors (Lipinski definition) is 2. The van der Waals surface area contributed by atoms with Crippen LogP contribution in [0, 0.1) is 23.2 Å². The van der Waals surface area contributed by atoms with Crippen LogP contribution in [-0.4, -0.2) is 93.6 Å². The minimum absolute atomic E-state index is 0.0514. The lowest BCUT2D eigenvalue weighted by atomic mass is 9.87. The van der Waals surface area contributed by atoms with E-state index in [1.54, 1.807) is 23.1 Å². The molecule has 0 aliphatic carbocycles. The van der Waals surface area contributed by atoms with Crippen molar-refractivity contribution in [1.82, 2.24) is 34.3 Å². The number of piperidine rings is 2. The van der Waals surface area contributed by atoms with Gasteiger partial charge in [-0.3, -0.25) is 24.6 Å². The minimum Gasteiger partial charge on any atom is -0.351 e. The average Bonchev–Trinajstić information content (AvgIpc) is 3.50. The van der Waals surface area contributed by atoms with Crippen molar-refractivity contribution < 1.29 is 18.0 Å². The molecule has 0 unspecified atom stereocenters. The summed E-state index contributed by atoms with van der Waals surface area (Å²) < 4.78 is 31.5. The van der Waals surface area contributed by atoms with Gasteiger partial charge in [0.25, 0.3) is 0 Å². The van der Waals surface area contributed by atoms with Crippen LogP contribution in [-0.2, 0) is 21.9 Å². The monoisotopic (exact) mass is 812 g/mol. The molecule has 2 N–H and O–H groups in total. The van der Waals surface area contributed by atoms with E-state index in [1.807, 2.05) is 13.1 Å². The zero-order chi connectivity index (χ0) is 38.2. The number of rotatable bonds is 7. The van der Waals surface area contributed by atoms with Gasteiger partial charge in [0.1, 0.15) is 6.07 Å². The fourth-order valence-electron chi connectivity index (χ4n) is 7.39. The molecular formula is C38H41BrN10O4S.